The molecule has 4 rings (SSSR count). The van der Waals surface area contributed by atoms with Crippen LogP contribution >= 0.6 is 0 Å². The van der Waals surface area contributed by atoms with Gasteiger partial charge in [0.05, 0.1) is 11.3 Å². The van der Waals surface area contributed by atoms with Gasteiger partial charge in [-0.05, 0) is 19.8 Å². The Morgan fingerprint density at radius 1 is 1.10 bits per heavy atom. The maximum Gasteiger partial charge on any atom is 0.252 e. The highest BCUT2D eigenvalue weighted by Crippen LogP contribution is 2.21. The summed E-state index contributed by atoms with van der Waals surface area (Å²) in [5.74, 6) is 1.34. The molecular weight excluding hydrogens is 264 g/mol. The molecular formula is C16H14N4O. The number of aryl methyl sites for hydroxylation is 2. The van der Waals surface area contributed by atoms with Crippen LogP contribution in [0.25, 0.3) is 17.2 Å². The lowest BCUT2D eigenvalue weighted by Gasteiger charge is -2.12. The van der Waals surface area contributed by atoms with Gasteiger partial charge in [-0.15, -0.1) is 5.10 Å². The molecule has 0 spiro atoms. The van der Waals surface area contributed by atoms with E-state index in [4.69, 9.17) is 0 Å². The number of Topliss-reactive ketones (excluding diaryl/α,β-unsaturated/α-hetero) is 1. The highest BCUT2D eigenvalue weighted by molar-refractivity contribution is 5.97. The molecule has 0 atom stereocenters. The van der Waals surface area contributed by atoms with E-state index in [9.17, 15) is 4.79 Å². The van der Waals surface area contributed by atoms with Crippen LogP contribution in [0.1, 0.15) is 34.5 Å². The minimum Gasteiger partial charge on any atom is -0.294 e. The van der Waals surface area contributed by atoms with E-state index in [1.165, 1.54) is 5.56 Å². The second-order valence-electron chi connectivity index (χ2n) is 5.42. The van der Waals surface area contributed by atoms with E-state index in [1.807, 2.05) is 31.2 Å². The number of ketones is 1. The predicted molar refractivity (Wildman–Crippen MR) is 78.2 cm³/mol. The SMILES string of the molecule is Cc1ccc(-c2nc3nc4c(cn3n2)C(=O)CCC4)cc1. The molecule has 0 N–H and O–H groups in total. The summed E-state index contributed by atoms with van der Waals surface area (Å²) in [6, 6.07) is 8.05. The summed E-state index contributed by atoms with van der Waals surface area (Å²) in [5, 5.41) is 4.45. The zero-order valence-electron chi connectivity index (χ0n) is 11.7. The van der Waals surface area contributed by atoms with Crippen molar-refractivity contribution in [2.75, 3.05) is 0 Å². The highest BCUT2D eigenvalue weighted by Gasteiger charge is 2.20. The lowest BCUT2D eigenvalue weighted by molar-refractivity contribution is 0.0971. The van der Waals surface area contributed by atoms with E-state index in [0.29, 0.717) is 23.6 Å². The van der Waals surface area contributed by atoms with E-state index in [0.717, 1.165) is 24.1 Å². The number of hydrogen-bond acceptors (Lipinski definition) is 4. The Balaban J connectivity index is 1.86. The van der Waals surface area contributed by atoms with Crippen molar-refractivity contribution in [2.45, 2.75) is 26.2 Å². The molecule has 2 aromatic heterocycles. The molecule has 0 unspecified atom stereocenters. The molecule has 0 amide bonds. The third-order valence-corrected chi connectivity index (χ3v) is 3.84. The summed E-state index contributed by atoms with van der Waals surface area (Å²) in [5.41, 5.74) is 3.69. The van der Waals surface area contributed by atoms with Crippen molar-refractivity contribution >= 4 is 11.6 Å². The van der Waals surface area contributed by atoms with Gasteiger partial charge in [0.1, 0.15) is 0 Å². The number of carbonyl (C=O) groups is 1. The smallest absolute Gasteiger partial charge is 0.252 e. The maximum absolute atomic E-state index is 11.9. The molecule has 0 fully saturated rings. The van der Waals surface area contributed by atoms with Crippen molar-refractivity contribution < 1.29 is 4.79 Å². The molecule has 21 heavy (non-hydrogen) atoms. The molecule has 2 heterocycles. The standard InChI is InChI=1S/C16H14N4O/c1-10-5-7-11(8-6-10)15-18-16-17-13-3-2-4-14(21)12(13)9-20(16)19-15/h5-9H,2-4H2,1H3. The normalized spacial score (nSPS) is 14.4. The fourth-order valence-electron chi connectivity index (χ4n) is 2.66. The molecule has 1 aliphatic rings. The molecule has 0 radical (unpaired) electrons. The van der Waals surface area contributed by atoms with Gasteiger partial charge in [0.15, 0.2) is 11.6 Å². The van der Waals surface area contributed by atoms with Crippen LogP contribution in [0.15, 0.2) is 30.5 Å². The Morgan fingerprint density at radius 2 is 1.90 bits per heavy atom. The topological polar surface area (TPSA) is 60.1 Å². The number of benzene rings is 1. The molecule has 1 aliphatic carbocycles. The van der Waals surface area contributed by atoms with Gasteiger partial charge >= 0.3 is 0 Å². The van der Waals surface area contributed by atoms with Crippen molar-refractivity contribution in [2.24, 2.45) is 0 Å². The summed E-state index contributed by atoms with van der Waals surface area (Å²) in [7, 11) is 0. The Labute approximate surface area is 121 Å². The van der Waals surface area contributed by atoms with Crippen LogP contribution in [-0.4, -0.2) is 25.4 Å². The molecule has 0 aliphatic heterocycles. The van der Waals surface area contributed by atoms with Crippen molar-refractivity contribution in [3.05, 3.63) is 47.3 Å². The second-order valence-corrected chi connectivity index (χ2v) is 5.42. The average molecular weight is 278 g/mol. The first-order chi connectivity index (χ1) is 10.2. The third-order valence-electron chi connectivity index (χ3n) is 3.84. The molecule has 0 bridgehead atoms. The first kappa shape index (κ1) is 12.2. The zero-order chi connectivity index (χ0) is 14.4. The molecule has 3 aromatic rings. The van der Waals surface area contributed by atoms with Crippen LogP contribution in [0, 0.1) is 6.92 Å². The fourth-order valence-corrected chi connectivity index (χ4v) is 2.66. The van der Waals surface area contributed by atoms with E-state index in [2.05, 4.69) is 15.1 Å². The summed E-state index contributed by atoms with van der Waals surface area (Å²) in [6.07, 6.45) is 4.07. The predicted octanol–water partition coefficient (Wildman–Crippen LogP) is 2.62. The van der Waals surface area contributed by atoms with Gasteiger partial charge in [-0.3, -0.25) is 4.79 Å². The van der Waals surface area contributed by atoms with Crippen LogP contribution in [0.5, 0.6) is 0 Å². The maximum atomic E-state index is 11.9. The number of hydrogen-bond donors (Lipinski definition) is 0. The molecule has 104 valence electrons. The van der Waals surface area contributed by atoms with E-state index in [1.54, 1.807) is 10.7 Å². The summed E-state index contributed by atoms with van der Waals surface area (Å²) < 4.78 is 1.61. The van der Waals surface area contributed by atoms with Gasteiger partial charge in [0.2, 0.25) is 0 Å². The Bertz CT molecular complexity index is 849. The number of nitrogens with zero attached hydrogens (tertiary/aromatic N) is 4. The minimum absolute atomic E-state index is 0.151. The lowest BCUT2D eigenvalue weighted by atomic mass is 9.96. The minimum atomic E-state index is 0.151. The third kappa shape index (κ3) is 2.01. The number of rotatable bonds is 1. The summed E-state index contributed by atoms with van der Waals surface area (Å²) >= 11 is 0. The average Bonchev–Trinajstić information content (AvgIpc) is 2.89. The summed E-state index contributed by atoms with van der Waals surface area (Å²) in [4.78, 5) is 20.9. The van der Waals surface area contributed by atoms with Crippen LogP contribution in [0.4, 0.5) is 0 Å². The lowest BCUT2D eigenvalue weighted by Crippen LogP contribution is -2.14. The Hall–Kier alpha value is -2.56. The van der Waals surface area contributed by atoms with Gasteiger partial charge in [0, 0.05) is 18.2 Å². The van der Waals surface area contributed by atoms with Gasteiger partial charge in [-0.1, -0.05) is 29.8 Å². The van der Waals surface area contributed by atoms with Crippen LogP contribution < -0.4 is 0 Å². The number of aromatic nitrogens is 4. The van der Waals surface area contributed by atoms with E-state index in [-0.39, 0.29) is 5.78 Å². The number of carbonyl (C=O) groups excluding carboxylic acids is 1. The van der Waals surface area contributed by atoms with Crippen LogP contribution in [0.2, 0.25) is 0 Å². The largest absolute Gasteiger partial charge is 0.294 e. The van der Waals surface area contributed by atoms with Gasteiger partial charge < -0.3 is 0 Å². The fraction of sp³-hybridized carbons (Fsp3) is 0.250. The quantitative estimate of drug-likeness (QED) is 0.686. The van der Waals surface area contributed by atoms with Crippen molar-refractivity contribution in [1.82, 2.24) is 19.6 Å². The second kappa shape index (κ2) is 4.48. The van der Waals surface area contributed by atoms with Crippen molar-refractivity contribution in [1.29, 1.82) is 0 Å². The van der Waals surface area contributed by atoms with Crippen LogP contribution in [0.3, 0.4) is 0 Å². The number of fused-ring (bicyclic) bond motifs is 2. The molecule has 0 saturated heterocycles. The van der Waals surface area contributed by atoms with Crippen LogP contribution in [-0.2, 0) is 6.42 Å². The molecule has 1 aromatic carbocycles. The molecule has 5 heteroatoms. The van der Waals surface area contributed by atoms with Gasteiger partial charge in [0.25, 0.3) is 5.78 Å². The van der Waals surface area contributed by atoms with Crippen molar-refractivity contribution in [3.63, 3.8) is 0 Å². The highest BCUT2D eigenvalue weighted by atomic mass is 16.1. The monoisotopic (exact) mass is 278 g/mol. The van der Waals surface area contributed by atoms with Gasteiger partial charge in [-0.2, -0.15) is 4.98 Å². The Morgan fingerprint density at radius 3 is 2.71 bits per heavy atom. The van der Waals surface area contributed by atoms with E-state index >= 15 is 0 Å². The zero-order valence-corrected chi connectivity index (χ0v) is 11.7. The summed E-state index contributed by atoms with van der Waals surface area (Å²) in [6.45, 7) is 2.04. The van der Waals surface area contributed by atoms with Gasteiger partial charge in [-0.25, -0.2) is 9.50 Å². The first-order valence-electron chi connectivity index (χ1n) is 7.07. The first-order valence-corrected chi connectivity index (χ1v) is 7.07. The van der Waals surface area contributed by atoms with E-state index < -0.39 is 0 Å². The molecule has 0 saturated carbocycles. The molecule has 5 nitrogen and oxygen atoms in total. The van der Waals surface area contributed by atoms with Crippen molar-refractivity contribution in [3.8, 4) is 11.4 Å². The Kier molecular flexibility index (Phi) is 2.60.